The fraction of sp³-hybridized carbons (Fsp3) is 0.500. The standard InChI is InChI=1S/C28H34ClN9O2.C6H13NO/c1-19(13-31-18-30)40-26-12-20(8-9-24(26)29)21-14-32-28(33-15-21)35-25-16-38(22-6-4-3-5-7-22)36-27(25)39-17-23-10-11-34-37(23)2;1-5-3-7-4-6(2)8-5/h8-12,14-16,18-19,22H,3-7,13,17H2,1-2H3,(H2,30,31)(H,32,33,35);5-7H,3-4H2,1-2H3/t19-;/m0./s1. The summed E-state index contributed by atoms with van der Waals surface area (Å²) in [5.41, 5.74) is 8.71. The van der Waals surface area contributed by atoms with Gasteiger partial charge in [0.15, 0.2) is 0 Å². The number of halogens is 1. The van der Waals surface area contributed by atoms with E-state index < -0.39 is 0 Å². The first-order valence-electron chi connectivity index (χ1n) is 16.6. The zero-order valence-corrected chi connectivity index (χ0v) is 28.9. The monoisotopic (exact) mass is 678 g/mol. The minimum absolute atomic E-state index is 0.181. The van der Waals surface area contributed by atoms with Gasteiger partial charge in [-0.2, -0.15) is 5.10 Å². The summed E-state index contributed by atoms with van der Waals surface area (Å²) < 4.78 is 21.3. The second-order valence-electron chi connectivity index (χ2n) is 12.3. The highest BCUT2D eigenvalue weighted by Crippen LogP contribution is 2.34. The van der Waals surface area contributed by atoms with Crippen LogP contribution in [0.2, 0.25) is 5.02 Å². The van der Waals surface area contributed by atoms with Crippen LogP contribution in [-0.2, 0) is 18.4 Å². The van der Waals surface area contributed by atoms with Crippen LogP contribution in [0.5, 0.6) is 11.6 Å². The maximum absolute atomic E-state index is 6.36. The Morgan fingerprint density at radius 1 is 1.12 bits per heavy atom. The lowest BCUT2D eigenvalue weighted by Gasteiger charge is -2.25. The Bertz CT molecular complexity index is 1590. The molecule has 1 aliphatic carbocycles. The second-order valence-corrected chi connectivity index (χ2v) is 12.7. The van der Waals surface area contributed by atoms with E-state index in [0.29, 0.717) is 54.0 Å². The van der Waals surface area contributed by atoms with Crippen molar-refractivity contribution in [1.82, 2.24) is 34.8 Å². The number of nitrogens with zero attached hydrogens (tertiary/aromatic N) is 7. The highest BCUT2D eigenvalue weighted by atomic mass is 35.5. The molecule has 258 valence electrons. The lowest BCUT2D eigenvalue weighted by atomic mass is 9.96. The van der Waals surface area contributed by atoms with Gasteiger partial charge < -0.3 is 30.6 Å². The van der Waals surface area contributed by atoms with E-state index in [4.69, 9.17) is 36.6 Å². The molecule has 14 heteroatoms. The highest BCUT2D eigenvalue weighted by Gasteiger charge is 2.21. The summed E-state index contributed by atoms with van der Waals surface area (Å²) in [5.74, 6) is 1.51. The molecule has 0 amide bonds. The maximum atomic E-state index is 6.36. The third kappa shape index (κ3) is 9.91. The Hall–Kier alpha value is -4.20. The lowest BCUT2D eigenvalue weighted by molar-refractivity contribution is -0.0166. The highest BCUT2D eigenvalue weighted by molar-refractivity contribution is 6.32. The van der Waals surface area contributed by atoms with E-state index in [9.17, 15) is 0 Å². The number of morpholine rings is 1. The van der Waals surface area contributed by atoms with Gasteiger partial charge in [-0.1, -0.05) is 36.9 Å². The van der Waals surface area contributed by atoms with Gasteiger partial charge in [-0.05, 0) is 57.4 Å². The molecule has 3 atom stereocenters. The molecule has 4 aromatic rings. The summed E-state index contributed by atoms with van der Waals surface area (Å²) in [4.78, 5) is 13.1. The third-order valence-electron chi connectivity index (χ3n) is 8.21. The average Bonchev–Trinajstić information content (AvgIpc) is 3.69. The molecule has 48 heavy (non-hydrogen) atoms. The van der Waals surface area contributed by atoms with Crippen molar-refractivity contribution in [2.75, 3.05) is 25.0 Å². The summed E-state index contributed by atoms with van der Waals surface area (Å²) >= 11 is 6.36. The van der Waals surface area contributed by atoms with Gasteiger partial charge in [-0.25, -0.2) is 9.97 Å². The Morgan fingerprint density at radius 3 is 2.52 bits per heavy atom. The van der Waals surface area contributed by atoms with Crippen LogP contribution < -0.4 is 25.8 Å². The summed E-state index contributed by atoms with van der Waals surface area (Å²) in [6.07, 6.45) is 15.1. The SMILES string of the molecule is CC1CNCC(C)O1.C[C@@H](CN=CN)Oc1cc(-c2cnc(Nc3cn(C4CCCCC4)nc3OCc3ccnn3C)nc2)ccc1Cl. The van der Waals surface area contributed by atoms with Gasteiger partial charge in [0.05, 0.1) is 48.0 Å². The topological polar surface area (TPSA) is 152 Å². The van der Waals surface area contributed by atoms with E-state index in [1.54, 1.807) is 29.3 Å². The van der Waals surface area contributed by atoms with Crippen LogP contribution in [0, 0.1) is 0 Å². The van der Waals surface area contributed by atoms with Crippen LogP contribution >= 0.6 is 11.6 Å². The summed E-state index contributed by atoms with van der Waals surface area (Å²) in [6, 6.07) is 7.85. The number of aliphatic imine (C=N–C) groups is 1. The fourth-order valence-corrected chi connectivity index (χ4v) is 5.83. The predicted octanol–water partition coefficient (Wildman–Crippen LogP) is 5.69. The van der Waals surface area contributed by atoms with Crippen LogP contribution in [0.25, 0.3) is 11.1 Å². The molecule has 0 radical (unpaired) electrons. The van der Waals surface area contributed by atoms with Crippen LogP contribution in [0.15, 0.2) is 54.0 Å². The summed E-state index contributed by atoms with van der Waals surface area (Å²) in [7, 11) is 1.89. The van der Waals surface area contributed by atoms with Gasteiger partial charge in [0.25, 0.3) is 5.88 Å². The molecule has 6 rings (SSSR count). The average molecular weight is 679 g/mol. The number of benzene rings is 1. The smallest absolute Gasteiger partial charge is 0.257 e. The zero-order chi connectivity index (χ0) is 33.9. The first-order valence-corrected chi connectivity index (χ1v) is 17.0. The van der Waals surface area contributed by atoms with E-state index in [2.05, 4.69) is 44.5 Å². The Labute approximate surface area is 287 Å². The second kappa shape index (κ2) is 17.3. The summed E-state index contributed by atoms with van der Waals surface area (Å²) in [6.45, 7) is 8.88. The van der Waals surface area contributed by atoms with E-state index in [-0.39, 0.29) is 6.10 Å². The van der Waals surface area contributed by atoms with Crippen molar-refractivity contribution < 1.29 is 14.2 Å². The lowest BCUT2D eigenvalue weighted by Crippen LogP contribution is -2.41. The Balaban J connectivity index is 0.000000494. The van der Waals surface area contributed by atoms with Crippen LogP contribution in [0.1, 0.15) is 64.6 Å². The van der Waals surface area contributed by atoms with Crippen molar-refractivity contribution in [2.24, 2.45) is 17.8 Å². The Kier molecular flexibility index (Phi) is 12.6. The van der Waals surface area contributed by atoms with Crippen LogP contribution in [0.3, 0.4) is 0 Å². The molecule has 2 fully saturated rings. The van der Waals surface area contributed by atoms with Crippen LogP contribution in [-0.4, -0.2) is 73.8 Å². The van der Waals surface area contributed by atoms with Gasteiger partial charge >= 0.3 is 0 Å². The predicted molar refractivity (Wildman–Crippen MR) is 188 cm³/mol. The van der Waals surface area contributed by atoms with Crippen molar-refractivity contribution in [3.8, 4) is 22.8 Å². The van der Waals surface area contributed by atoms with E-state index in [1.165, 1.54) is 25.6 Å². The van der Waals surface area contributed by atoms with Gasteiger partial charge in [0.1, 0.15) is 24.1 Å². The number of aromatic nitrogens is 6. The minimum Gasteiger partial charge on any atom is -0.487 e. The molecule has 1 saturated carbocycles. The van der Waals surface area contributed by atoms with Gasteiger partial charge in [-0.3, -0.25) is 14.4 Å². The van der Waals surface area contributed by atoms with E-state index in [0.717, 1.165) is 48.4 Å². The molecule has 1 saturated heterocycles. The first kappa shape index (κ1) is 35.1. The fourth-order valence-electron chi connectivity index (χ4n) is 5.67. The third-order valence-corrected chi connectivity index (χ3v) is 8.53. The molecule has 0 spiro atoms. The number of hydrogen-bond donors (Lipinski definition) is 3. The number of aryl methyl sites for hydroxylation is 1. The number of nitrogens with one attached hydrogen (secondary N) is 2. The van der Waals surface area contributed by atoms with Gasteiger partial charge in [0.2, 0.25) is 5.95 Å². The number of anilines is 2. The molecule has 0 bridgehead atoms. The molecule has 3 aromatic heterocycles. The molecule has 2 unspecified atom stereocenters. The van der Waals surface area contributed by atoms with Crippen molar-refractivity contribution >= 4 is 29.6 Å². The molecule has 2 aliphatic rings. The van der Waals surface area contributed by atoms with Crippen molar-refractivity contribution in [2.45, 2.75) is 83.8 Å². The Morgan fingerprint density at radius 2 is 1.88 bits per heavy atom. The summed E-state index contributed by atoms with van der Waals surface area (Å²) in [5, 5.41) is 16.1. The first-order chi connectivity index (χ1) is 23.3. The number of hydrogen-bond acceptors (Lipinski definition) is 10. The van der Waals surface area contributed by atoms with Crippen molar-refractivity contribution in [1.29, 1.82) is 0 Å². The quantitative estimate of drug-likeness (QED) is 0.133. The molecule has 4 heterocycles. The van der Waals surface area contributed by atoms with Gasteiger partial charge in [0, 0.05) is 44.3 Å². The van der Waals surface area contributed by atoms with Gasteiger partial charge in [-0.15, -0.1) is 5.10 Å². The zero-order valence-electron chi connectivity index (χ0n) is 28.2. The molecular weight excluding hydrogens is 632 g/mol. The maximum Gasteiger partial charge on any atom is 0.257 e. The number of rotatable bonds is 11. The molecule has 4 N–H and O–H groups in total. The molecular formula is C34H47ClN10O3. The van der Waals surface area contributed by atoms with Crippen molar-refractivity contribution in [3.63, 3.8) is 0 Å². The van der Waals surface area contributed by atoms with E-state index >= 15 is 0 Å². The largest absolute Gasteiger partial charge is 0.487 e. The van der Waals surface area contributed by atoms with Crippen LogP contribution in [0.4, 0.5) is 11.6 Å². The molecule has 13 nitrogen and oxygen atoms in total. The molecule has 1 aromatic carbocycles. The number of nitrogens with two attached hydrogens (primary N) is 1. The van der Waals surface area contributed by atoms with Crippen molar-refractivity contribution in [3.05, 3.63) is 59.8 Å². The molecule has 1 aliphatic heterocycles. The number of ether oxygens (including phenoxy) is 3. The normalized spacial score (nSPS) is 19.0. The minimum atomic E-state index is -0.181. The van der Waals surface area contributed by atoms with E-state index in [1.807, 2.05) is 43.0 Å².